The highest BCUT2D eigenvalue weighted by molar-refractivity contribution is 6.48. The molecule has 124 valence electrons. The molecule has 0 amide bonds. The van der Waals surface area contributed by atoms with E-state index in [1.54, 1.807) is 0 Å². The summed E-state index contributed by atoms with van der Waals surface area (Å²) in [5, 5.41) is 20.5. The summed E-state index contributed by atoms with van der Waals surface area (Å²) >= 11 is 0. The van der Waals surface area contributed by atoms with E-state index < -0.39 is 39.3 Å². The molecule has 22 heavy (non-hydrogen) atoms. The molecule has 0 aliphatic carbocycles. The number of hydrogen-bond acceptors (Lipinski definition) is 7. The van der Waals surface area contributed by atoms with Crippen molar-refractivity contribution in [1.29, 1.82) is 0 Å². The summed E-state index contributed by atoms with van der Waals surface area (Å²) in [5.74, 6) is 0.0893. The Morgan fingerprint density at radius 1 is 1.50 bits per heavy atom. The van der Waals surface area contributed by atoms with Gasteiger partial charge in [-0.3, -0.25) is 4.57 Å². The molecule has 0 saturated carbocycles. The molecular formula is C13H23N3O5Si. The van der Waals surface area contributed by atoms with Crippen molar-refractivity contribution in [1.82, 2.24) is 9.55 Å². The molecule has 1 aromatic heterocycles. The first-order chi connectivity index (χ1) is 10.3. The van der Waals surface area contributed by atoms with E-state index in [4.69, 9.17) is 14.9 Å². The van der Waals surface area contributed by atoms with Gasteiger partial charge in [0.1, 0.15) is 24.1 Å². The van der Waals surface area contributed by atoms with Crippen LogP contribution in [0.5, 0.6) is 0 Å². The smallest absolute Gasteiger partial charge is 0.351 e. The molecule has 4 N–H and O–H groups in total. The molecule has 0 aromatic carbocycles. The molecule has 1 saturated heterocycles. The number of ether oxygens (including phenoxy) is 1. The Balaban J connectivity index is 2.24. The van der Waals surface area contributed by atoms with E-state index in [-0.39, 0.29) is 11.9 Å². The van der Waals surface area contributed by atoms with Crippen LogP contribution in [0, 0.1) is 0 Å². The third-order valence-corrected chi connectivity index (χ3v) is 4.51. The number of nitrogens with zero attached hydrogens (tertiary/aromatic N) is 2. The van der Waals surface area contributed by atoms with Gasteiger partial charge in [0.2, 0.25) is 0 Å². The predicted octanol–water partition coefficient (Wildman–Crippen LogP) is -0.777. The highest BCUT2D eigenvalue weighted by Gasteiger charge is 2.47. The van der Waals surface area contributed by atoms with Gasteiger partial charge in [0.05, 0.1) is 6.10 Å². The molecule has 0 bridgehead atoms. The lowest BCUT2D eigenvalue weighted by molar-refractivity contribution is -0.0797. The molecule has 0 radical (unpaired) electrons. The van der Waals surface area contributed by atoms with Crippen LogP contribution in [-0.2, 0) is 9.16 Å². The van der Waals surface area contributed by atoms with E-state index in [2.05, 4.69) is 4.98 Å². The second kappa shape index (κ2) is 6.88. The number of aliphatic hydroxyl groups excluding tert-OH is 2. The first-order valence-electron chi connectivity index (χ1n) is 7.36. The van der Waals surface area contributed by atoms with Crippen molar-refractivity contribution in [2.24, 2.45) is 0 Å². The van der Waals surface area contributed by atoms with Crippen molar-refractivity contribution in [3.63, 3.8) is 0 Å². The minimum atomic E-state index is -1.33. The van der Waals surface area contributed by atoms with Gasteiger partial charge in [0.25, 0.3) is 0 Å². The van der Waals surface area contributed by atoms with E-state index >= 15 is 0 Å². The minimum Gasteiger partial charge on any atom is -0.415 e. The van der Waals surface area contributed by atoms with Crippen LogP contribution < -0.4 is 11.4 Å². The molecule has 1 aromatic rings. The summed E-state index contributed by atoms with van der Waals surface area (Å²) in [6, 6.07) is 1.44. The zero-order valence-corrected chi connectivity index (χ0v) is 14.1. The van der Waals surface area contributed by atoms with Gasteiger partial charge in [0.15, 0.2) is 15.3 Å². The van der Waals surface area contributed by atoms with Crippen LogP contribution in [0.1, 0.15) is 19.6 Å². The SMILES string of the molecule is CCC(O[SiH](C)C)C1OC(n2ccc(N)nc2=O)C(O)C1O. The van der Waals surface area contributed by atoms with Crippen LogP contribution in [0.15, 0.2) is 17.1 Å². The molecule has 5 atom stereocenters. The third kappa shape index (κ3) is 3.38. The predicted molar refractivity (Wildman–Crippen MR) is 82.9 cm³/mol. The van der Waals surface area contributed by atoms with Gasteiger partial charge in [-0.2, -0.15) is 4.98 Å². The zero-order valence-electron chi connectivity index (χ0n) is 12.9. The highest BCUT2D eigenvalue weighted by atomic mass is 28.3. The van der Waals surface area contributed by atoms with Gasteiger partial charge in [-0.05, 0) is 25.6 Å². The molecule has 1 aliphatic rings. The Morgan fingerprint density at radius 3 is 2.73 bits per heavy atom. The topological polar surface area (TPSA) is 120 Å². The number of aromatic nitrogens is 2. The van der Waals surface area contributed by atoms with E-state index in [1.165, 1.54) is 12.3 Å². The third-order valence-electron chi connectivity index (χ3n) is 3.62. The average molecular weight is 329 g/mol. The van der Waals surface area contributed by atoms with E-state index in [9.17, 15) is 15.0 Å². The zero-order chi connectivity index (χ0) is 16.4. The molecule has 0 spiro atoms. The van der Waals surface area contributed by atoms with Gasteiger partial charge in [-0.1, -0.05) is 6.92 Å². The van der Waals surface area contributed by atoms with Crippen LogP contribution in [0.2, 0.25) is 13.1 Å². The number of nitrogens with two attached hydrogens (primary N) is 1. The van der Waals surface area contributed by atoms with E-state index in [0.717, 1.165) is 4.57 Å². The second-order valence-electron chi connectivity index (χ2n) is 5.65. The second-order valence-corrected chi connectivity index (χ2v) is 8.02. The lowest BCUT2D eigenvalue weighted by atomic mass is 10.0. The van der Waals surface area contributed by atoms with Gasteiger partial charge in [0, 0.05) is 6.20 Å². The molecule has 9 heteroatoms. The monoisotopic (exact) mass is 329 g/mol. The van der Waals surface area contributed by atoms with Crippen molar-refractivity contribution in [3.05, 3.63) is 22.7 Å². The average Bonchev–Trinajstić information content (AvgIpc) is 2.73. The van der Waals surface area contributed by atoms with Crippen molar-refractivity contribution < 1.29 is 19.4 Å². The maximum Gasteiger partial charge on any atom is 0.351 e. The standard InChI is InChI=1S/C13H23N3O5Si/c1-4-7(21-22(2)3)11-9(17)10(18)12(20-11)16-6-5-8(14)15-13(16)19/h5-7,9-12,17-18,22H,4H2,1-3H3,(H2,14,15,19). The maximum absolute atomic E-state index is 11.9. The fourth-order valence-corrected chi connectivity index (χ4v) is 3.64. The number of aliphatic hydroxyl groups is 2. The summed E-state index contributed by atoms with van der Waals surface area (Å²) in [6.07, 6.45) is -2.35. The van der Waals surface area contributed by atoms with Gasteiger partial charge < -0.3 is 25.1 Å². The highest BCUT2D eigenvalue weighted by Crippen LogP contribution is 2.32. The van der Waals surface area contributed by atoms with Crippen LogP contribution in [0.4, 0.5) is 5.82 Å². The molecule has 1 aliphatic heterocycles. The van der Waals surface area contributed by atoms with Crippen molar-refractivity contribution in [2.75, 3.05) is 5.73 Å². The number of hydrogen-bond donors (Lipinski definition) is 3. The van der Waals surface area contributed by atoms with E-state index in [1.807, 2.05) is 20.0 Å². The molecule has 1 fully saturated rings. The van der Waals surface area contributed by atoms with Gasteiger partial charge in [-0.25, -0.2) is 4.79 Å². The summed E-state index contributed by atoms with van der Waals surface area (Å²) in [5.41, 5.74) is 4.81. The molecule has 8 nitrogen and oxygen atoms in total. The fourth-order valence-electron chi connectivity index (χ4n) is 2.60. The quantitative estimate of drug-likeness (QED) is 0.606. The fraction of sp³-hybridized carbons (Fsp3) is 0.692. The Morgan fingerprint density at radius 2 is 2.18 bits per heavy atom. The molecule has 2 heterocycles. The number of nitrogen functional groups attached to an aromatic ring is 1. The van der Waals surface area contributed by atoms with Crippen LogP contribution in [-0.4, -0.2) is 53.2 Å². The summed E-state index contributed by atoms with van der Waals surface area (Å²) in [4.78, 5) is 15.5. The number of rotatable bonds is 5. The van der Waals surface area contributed by atoms with Gasteiger partial charge in [-0.15, -0.1) is 0 Å². The van der Waals surface area contributed by atoms with Crippen LogP contribution in [0.25, 0.3) is 0 Å². The largest absolute Gasteiger partial charge is 0.415 e. The van der Waals surface area contributed by atoms with E-state index in [0.29, 0.717) is 6.42 Å². The lowest BCUT2D eigenvalue weighted by Crippen LogP contribution is -2.41. The summed E-state index contributed by atoms with van der Waals surface area (Å²) < 4.78 is 12.7. The van der Waals surface area contributed by atoms with Crippen molar-refractivity contribution >= 4 is 14.9 Å². The Labute approximate surface area is 130 Å². The molecule has 2 rings (SSSR count). The maximum atomic E-state index is 11.9. The Kier molecular flexibility index (Phi) is 5.35. The molecule has 5 unspecified atom stereocenters. The Bertz CT molecular complexity index is 567. The summed E-state index contributed by atoms with van der Waals surface area (Å²) in [7, 11) is -1.33. The van der Waals surface area contributed by atoms with Crippen LogP contribution in [0.3, 0.4) is 0 Å². The number of anilines is 1. The lowest BCUT2D eigenvalue weighted by Gasteiger charge is -2.26. The minimum absolute atomic E-state index is 0.0893. The first-order valence-corrected chi connectivity index (χ1v) is 10.1. The Hall–Kier alpha value is -1.26. The first kappa shape index (κ1) is 17.1. The summed E-state index contributed by atoms with van der Waals surface area (Å²) in [6.45, 7) is 5.97. The van der Waals surface area contributed by atoms with Crippen LogP contribution >= 0.6 is 0 Å². The normalized spacial score (nSPS) is 29.9. The van der Waals surface area contributed by atoms with Crippen molar-refractivity contribution in [2.45, 2.75) is 57.1 Å². The van der Waals surface area contributed by atoms with Crippen molar-refractivity contribution in [3.8, 4) is 0 Å². The van der Waals surface area contributed by atoms with Gasteiger partial charge >= 0.3 is 5.69 Å². The molecular weight excluding hydrogens is 306 g/mol.